The Morgan fingerprint density at radius 3 is 2.94 bits per heavy atom. The summed E-state index contributed by atoms with van der Waals surface area (Å²) in [6.45, 7) is 2.33. The first-order valence-corrected chi connectivity index (χ1v) is 8.04. The fraction of sp³-hybridized carbons (Fsp3) is 0.600. The molecule has 0 atom stereocenters. The van der Waals surface area contributed by atoms with E-state index >= 15 is 0 Å². The van der Waals surface area contributed by atoms with E-state index in [1.54, 1.807) is 0 Å². The van der Waals surface area contributed by atoms with E-state index in [0.29, 0.717) is 6.61 Å². The summed E-state index contributed by atoms with van der Waals surface area (Å²) in [7, 11) is 0. The molecule has 1 saturated carbocycles. The van der Waals surface area contributed by atoms with Crippen LogP contribution in [0.25, 0.3) is 0 Å². The second kappa shape index (κ2) is 7.82. The minimum Gasteiger partial charge on any atom is -0.396 e. The molecule has 0 saturated heterocycles. The van der Waals surface area contributed by atoms with E-state index in [2.05, 4.69) is 29.6 Å². The molecule has 0 spiro atoms. The Morgan fingerprint density at radius 1 is 1.28 bits per heavy atom. The lowest BCUT2D eigenvalue weighted by molar-refractivity contribution is 0.296. The summed E-state index contributed by atoms with van der Waals surface area (Å²) in [5.41, 5.74) is 2.92. The summed E-state index contributed by atoms with van der Waals surface area (Å²) in [5, 5.41) is 12.1. The van der Waals surface area contributed by atoms with Gasteiger partial charge in [0.2, 0.25) is 0 Å². The molecule has 3 heteroatoms. The van der Waals surface area contributed by atoms with Crippen molar-refractivity contribution in [3.05, 3.63) is 35.4 Å². The molecule has 1 aromatic rings. The zero-order valence-electron chi connectivity index (χ0n) is 10.9. The maximum absolute atomic E-state index is 8.66. The van der Waals surface area contributed by atoms with Gasteiger partial charge >= 0.3 is 0 Å². The standard InChI is InChI=1S/C15H23NOS/c17-8-2-9-18-10-7-16-12-13-3-1-4-15(11-13)14-5-6-14/h1,3-4,11,14,16-17H,2,5-10,12H2. The lowest BCUT2D eigenvalue weighted by atomic mass is 10.1. The molecule has 0 aromatic heterocycles. The van der Waals surface area contributed by atoms with Gasteiger partial charge in [-0.1, -0.05) is 24.3 Å². The normalized spacial score (nSPS) is 14.9. The van der Waals surface area contributed by atoms with Crippen molar-refractivity contribution < 1.29 is 5.11 Å². The lowest BCUT2D eigenvalue weighted by Gasteiger charge is -2.06. The second-order valence-electron chi connectivity index (χ2n) is 4.89. The van der Waals surface area contributed by atoms with Crippen molar-refractivity contribution in [2.75, 3.05) is 24.7 Å². The quantitative estimate of drug-likeness (QED) is 0.673. The molecule has 1 aromatic carbocycles. The predicted molar refractivity (Wildman–Crippen MR) is 79.2 cm³/mol. The molecule has 1 fully saturated rings. The summed E-state index contributed by atoms with van der Waals surface area (Å²) in [6, 6.07) is 8.99. The third-order valence-electron chi connectivity index (χ3n) is 3.20. The molecule has 0 aliphatic heterocycles. The highest BCUT2D eigenvalue weighted by molar-refractivity contribution is 7.99. The largest absolute Gasteiger partial charge is 0.396 e. The average molecular weight is 265 g/mol. The molecular formula is C15H23NOS. The predicted octanol–water partition coefficient (Wildman–Crippen LogP) is 2.77. The van der Waals surface area contributed by atoms with Crippen LogP contribution in [0.15, 0.2) is 24.3 Å². The van der Waals surface area contributed by atoms with Gasteiger partial charge in [0, 0.05) is 25.4 Å². The van der Waals surface area contributed by atoms with E-state index in [1.807, 2.05) is 11.8 Å². The second-order valence-corrected chi connectivity index (χ2v) is 6.11. The van der Waals surface area contributed by atoms with Crippen LogP contribution in [0.4, 0.5) is 0 Å². The molecule has 18 heavy (non-hydrogen) atoms. The number of hydrogen-bond donors (Lipinski definition) is 2. The Bertz CT molecular complexity index is 352. The van der Waals surface area contributed by atoms with Crippen LogP contribution in [0, 0.1) is 0 Å². The van der Waals surface area contributed by atoms with Gasteiger partial charge in [0.05, 0.1) is 0 Å². The van der Waals surface area contributed by atoms with Gasteiger partial charge < -0.3 is 10.4 Å². The van der Waals surface area contributed by atoms with Crippen LogP contribution in [-0.2, 0) is 6.54 Å². The number of nitrogens with one attached hydrogen (secondary N) is 1. The first-order valence-electron chi connectivity index (χ1n) is 6.88. The van der Waals surface area contributed by atoms with Crippen molar-refractivity contribution in [3.8, 4) is 0 Å². The highest BCUT2D eigenvalue weighted by atomic mass is 32.2. The monoisotopic (exact) mass is 265 g/mol. The van der Waals surface area contributed by atoms with Crippen molar-refractivity contribution >= 4 is 11.8 Å². The molecule has 0 bridgehead atoms. The zero-order valence-corrected chi connectivity index (χ0v) is 11.7. The van der Waals surface area contributed by atoms with E-state index in [-0.39, 0.29) is 0 Å². The number of thioether (sulfide) groups is 1. The number of aliphatic hydroxyl groups is 1. The van der Waals surface area contributed by atoms with Gasteiger partial charge in [-0.3, -0.25) is 0 Å². The molecule has 2 nitrogen and oxygen atoms in total. The maximum atomic E-state index is 8.66. The molecule has 0 heterocycles. The van der Waals surface area contributed by atoms with Gasteiger partial charge in [0.25, 0.3) is 0 Å². The highest BCUT2D eigenvalue weighted by Crippen LogP contribution is 2.40. The minimum atomic E-state index is 0.314. The number of hydrogen-bond acceptors (Lipinski definition) is 3. The summed E-state index contributed by atoms with van der Waals surface area (Å²) >= 11 is 1.91. The third kappa shape index (κ3) is 5.01. The topological polar surface area (TPSA) is 32.3 Å². The zero-order chi connectivity index (χ0) is 12.6. The summed E-state index contributed by atoms with van der Waals surface area (Å²) < 4.78 is 0. The van der Waals surface area contributed by atoms with Gasteiger partial charge in [-0.05, 0) is 42.1 Å². The van der Waals surface area contributed by atoms with Gasteiger partial charge in [-0.15, -0.1) is 0 Å². The summed E-state index contributed by atoms with van der Waals surface area (Å²) in [5.74, 6) is 3.04. The Balaban J connectivity index is 1.59. The SMILES string of the molecule is OCCCSCCNCc1cccc(C2CC2)c1. The molecule has 1 aliphatic rings. The molecule has 1 aliphatic carbocycles. The molecule has 0 amide bonds. The van der Waals surface area contributed by atoms with Crippen LogP contribution in [0.5, 0.6) is 0 Å². The van der Waals surface area contributed by atoms with Crippen LogP contribution >= 0.6 is 11.8 Å². The molecular weight excluding hydrogens is 242 g/mol. The average Bonchev–Trinajstić information content (AvgIpc) is 3.22. The van der Waals surface area contributed by atoms with Gasteiger partial charge in [0.1, 0.15) is 0 Å². The first-order chi connectivity index (χ1) is 8.90. The Hall–Kier alpha value is -0.510. The lowest BCUT2D eigenvalue weighted by Crippen LogP contribution is -2.16. The summed E-state index contributed by atoms with van der Waals surface area (Å²) in [4.78, 5) is 0. The van der Waals surface area contributed by atoms with Crippen molar-refractivity contribution in [2.45, 2.75) is 31.7 Å². The fourth-order valence-electron chi connectivity index (χ4n) is 2.02. The van der Waals surface area contributed by atoms with Gasteiger partial charge in [-0.25, -0.2) is 0 Å². The number of benzene rings is 1. The molecule has 0 unspecified atom stereocenters. The van der Waals surface area contributed by atoms with Crippen molar-refractivity contribution in [1.82, 2.24) is 5.32 Å². The van der Waals surface area contributed by atoms with Crippen LogP contribution < -0.4 is 5.32 Å². The fourth-order valence-corrected chi connectivity index (χ4v) is 2.85. The number of rotatable bonds is 9. The molecule has 2 N–H and O–H groups in total. The molecule has 0 radical (unpaired) electrons. The van der Waals surface area contributed by atoms with Crippen LogP contribution in [0.1, 0.15) is 36.3 Å². The van der Waals surface area contributed by atoms with Crippen LogP contribution in [0.2, 0.25) is 0 Å². The Labute approximate surface area is 114 Å². The van der Waals surface area contributed by atoms with E-state index in [0.717, 1.165) is 36.9 Å². The van der Waals surface area contributed by atoms with E-state index < -0.39 is 0 Å². The van der Waals surface area contributed by atoms with Crippen molar-refractivity contribution in [2.24, 2.45) is 0 Å². The summed E-state index contributed by atoms with van der Waals surface area (Å²) in [6.07, 6.45) is 3.66. The number of aliphatic hydroxyl groups excluding tert-OH is 1. The van der Waals surface area contributed by atoms with Crippen molar-refractivity contribution in [3.63, 3.8) is 0 Å². The van der Waals surface area contributed by atoms with Crippen LogP contribution in [-0.4, -0.2) is 29.8 Å². The van der Waals surface area contributed by atoms with Gasteiger partial charge in [-0.2, -0.15) is 11.8 Å². The van der Waals surface area contributed by atoms with E-state index in [4.69, 9.17) is 5.11 Å². The first kappa shape index (κ1) is 13.9. The van der Waals surface area contributed by atoms with Crippen molar-refractivity contribution in [1.29, 1.82) is 0 Å². The molecule has 100 valence electrons. The Morgan fingerprint density at radius 2 is 2.17 bits per heavy atom. The van der Waals surface area contributed by atoms with E-state index in [1.165, 1.54) is 24.0 Å². The highest BCUT2D eigenvalue weighted by Gasteiger charge is 2.23. The Kier molecular flexibility index (Phi) is 6.05. The van der Waals surface area contributed by atoms with Gasteiger partial charge in [0.15, 0.2) is 0 Å². The third-order valence-corrected chi connectivity index (χ3v) is 4.27. The minimum absolute atomic E-state index is 0.314. The van der Waals surface area contributed by atoms with E-state index in [9.17, 15) is 0 Å². The smallest absolute Gasteiger partial charge is 0.0438 e. The van der Waals surface area contributed by atoms with Crippen LogP contribution in [0.3, 0.4) is 0 Å². The maximum Gasteiger partial charge on any atom is 0.0438 e. The molecule has 2 rings (SSSR count).